The lowest BCUT2D eigenvalue weighted by molar-refractivity contribution is -0.126. The van der Waals surface area contributed by atoms with E-state index in [1.807, 2.05) is 6.07 Å². The summed E-state index contributed by atoms with van der Waals surface area (Å²) < 4.78 is 13.7. The zero-order chi connectivity index (χ0) is 18.8. The molecular weight excluding hydrogens is 341 g/mol. The van der Waals surface area contributed by atoms with Gasteiger partial charge < -0.3 is 11.1 Å². The molecule has 1 fully saturated rings. The van der Waals surface area contributed by atoms with Crippen LogP contribution in [0, 0.1) is 5.82 Å². The van der Waals surface area contributed by atoms with E-state index >= 15 is 0 Å². The van der Waals surface area contributed by atoms with Crippen LogP contribution in [-0.4, -0.2) is 42.0 Å². The summed E-state index contributed by atoms with van der Waals surface area (Å²) in [5.74, 6) is -0.213. The molecule has 2 aromatic carbocycles. The molecule has 2 aliphatic rings. The van der Waals surface area contributed by atoms with Gasteiger partial charge in [-0.1, -0.05) is 42.5 Å². The van der Waals surface area contributed by atoms with E-state index in [0.717, 1.165) is 19.4 Å². The molecule has 27 heavy (non-hydrogen) atoms. The van der Waals surface area contributed by atoms with Crippen LogP contribution in [0.15, 0.2) is 48.5 Å². The Kier molecular flexibility index (Phi) is 5.23. The van der Waals surface area contributed by atoms with Gasteiger partial charge in [0, 0.05) is 25.2 Å². The minimum atomic E-state index is -0.222. The fourth-order valence-corrected chi connectivity index (χ4v) is 4.47. The molecule has 1 heterocycles. The Morgan fingerprint density at radius 1 is 1.11 bits per heavy atom. The van der Waals surface area contributed by atoms with Gasteiger partial charge in [0.1, 0.15) is 5.82 Å². The van der Waals surface area contributed by atoms with Crippen LogP contribution < -0.4 is 11.1 Å². The summed E-state index contributed by atoms with van der Waals surface area (Å²) in [6, 6.07) is 15.4. The van der Waals surface area contributed by atoms with E-state index in [2.05, 4.69) is 34.5 Å². The monoisotopic (exact) mass is 367 g/mol. The molecule has 1 saturated heterocycles. The molecule has 4 nitrogen and oxygen atoms in total. The number of hydrogen-bond acceptors (Lipinski definition) is 3. The zero-order valence-electron chi connectivity index (χ0n) is 15.4. The number of hydrogen-bond donors (Lipinski definition) is 2. The second-order valence-corrected chi connectivity index (χ2v) is 7.67. The molecule has 0 radical (unpaired) electrons. The molecule has 4 rings (SSSR count). The number of nitrogens with one attached hydrogen (secondary N) is 1. The Labute approximate surface area is 159 Å². The molecule has 5 heteroatoms. The van der Waals surface area contributed by atoms with Gasteiger partial charge in [0.05, 0.1) is 6.04 Å². The average molecular weight is 367 g/mol. The molecule has 0 unspecified atom stereocenters. The Bertz CT molecular complexity index is 800. The van der Waals surface area contributed by atoms with Crippen LogP contribution in [0.25, 0.3) is 0 Å². The van der Waals surface area contributed by atoms with Crippen molar-refractivity contribution in [1.29, 1.82) is 0 Å². The molecule has 3 N–H and O–H groups in total. The van der Waals surface area contributed by atoms with Crippen LogP contribution in [0.4, 0.5) is 4.39 Å². The number of likely N-dealkylation sites (tertiary alicyclic amines) is 1. The number of carbonyl (C=O) groups is 1. The second-order valence-electron chi connectivity index (χ2n) is 7.67. The number of nitrogens with two attached hydrogens (primary N) is 1. The van der Waals surface area contributed by atoms with Crippen molar-refractivity contribution < 1.29 is 9.18 Å². The Morgan fingerprint density at radius 2 is 1.78 bits per heavy atom. The van der Waals surface area contributed by atoms with E-state index < -0.39 is 0 Å². The first-order valence-corrected chi connectivity index (χ1v) is 9.71. The highest BCUT2D eigenvalue weighted by Gasteiger charge is 2.40. The lowest BCUT2D eigenvalue weighted by Crippen LogP contribution is -2.48. The highest BCUT2D eigenvalue weighted by molar-refractivity contribution is 5.82. The summed E-state index contributed by atoms with van der Waals surface area (Å²) in [4.78, 5) is 15.1. The van der Waals surface area contributed by atoms with Crippen molar-refractivity contribution in [3.63, 3.8) is 0 Å². The summed E-state index contributed by atoms with van der Waals surface area (Å²) in [6.45, 7) is 1.19. The largest absolute Gasteiger partial charge is 0.354 e. The van der Waals surface area contributed by atoms with E-state index in [4.69, 9.17) is 5.73 Å². The lowest BCUT2D eigenvalue weighted by Gasteiger charge is -2.29. The molecule has 0 bridgehead atoms. The third kappa shape index (κ3) is 3.89. The van der Waals surface area contributed by atoms with Gasteiger partial charge >= 0.3 is 0 Å². The lowest BCUT2D eigenvalue weighted by atomic mass is 10.1. The molecular formula is C22H26FN3O. The number of carbonyl (C=O) groups excluding carboxylic acids is 1. The van der Waals surface area contributed by atoms with Gasteiger partial charge in [-0.2, -0.15) is 0 Å². The highest BCUT2D eigenvalue weighted by Crippen LogP contribution is 2.30. The van der Waals surface area contributed by atoms with Crippen molar-refractivity contribution in [2.45, 2.75) is 43.8 Å². The molecule has 0 spiro atoms. The van der Waals surface area contributed by atoms with Crippen molar-refractivity contribution >= 4 is 5.91 Å². The molecule has 1 aliphatic carbocycles. The third-order valence-corrected chi connectivity index (χ3v) is 5.82. The third-order valence-electron chi connectivity index (χ3n) is 5.82. The van der Waals surface area contributed by atoms with E-state index in [9.17, 15) is 9.18 Å². The van der Waals surface area contributed by atoms with E-state index in [0.29, 0.717) is 31.0 Å². The van der Waals surface area contributed by atoms with Gasteiger partial charge in [-0.3, -0.25) is 9.69 Å². The predicted molar refractivity (Wildman–Crippen MR) is 104 cm³/mol. The maximum atomic E-state index is 13.7. The maximum Gasteiger partial charge on any atom is 0.237 e. The topological polar surface area (TPSA) is 58.4 Å². The first-order chi connectivity index (χ1) is 13.1. The zero-order valence-corrected chi connectivity index (χ0v) is 15.4. The average Bonchev–Trinajstić information content (AvgIpc) is 3.26. The highest BCUT2D eigenvalue weighted by atomic mass is 19.1. The smallest absolute Gasteiger partial charge is 0.237 e. The molecule has 0 aromatic heterocycles. The van der Waals surface area contributed by atoms with Crippen LogP contribution in [0.5, 0.6) is 0 Å². The molecule has 1 amide bonds. The Morgan fingerprint density at radius 3 is 2.48 bits per heavy atom. The fraction of sp³-hybridized carbons (Fsp3) is 0.409. The first-order valence-electron chi connectivity index (χ1n) is 9.71. The van der Waals surface area contributed by atoms with Crippen molar-refractivity contribution in [1.82, 2.24) is 10.2 Å². The van der Waals surface area contributed by atoms with Crippen LogP contribution in [0.3, 0.4) is 0 Å². The first kappa shape index (κ1) is 18.1. The number of amides is 1. The van der Waals surface area contributed by atoms with Gasteiger partial charge in [-0.15, -0.1) is 0 Å². The summed E-state index contributed by atoms with van der Waals surface area (Å²) in [7, 11) is 0. The van der Waals surface area contributed by atoms with Crippen LogP contribution in [0.2, 0.25) is 0 Å². The molecule has 2 aromatic rings. The maximum absolute atomic E-state index is 13.7. The fourth-order valence-electron chi connectivity index (χ4n) is 4.47. The molecule has 142 valence electrons. The normalized spacial score (nSPS) is 22.7. The van der Waals surface area contributed by atoms with Gasteiger partial charge in [-0.05, 0) is 48.4 Å². The van der Waals surface area contributed by atoms with Crippen molar-refractivity contribution in [2.75, 3.05) is 13.1 Å². The Hall–Kier alpha value is -2.24. The SMILES string of the molecule is N[C@H]1C[C@@H](C(=O)NCCc2ccccc2F)N(C2Cc3ccccc3C2)C1. The minimum absolute atomic E-state index is 0.00949. The number of halogens is 1. The van der Waals surface area contributed by atoms with Crippen LogP contribution in [0.1, 0.15) is 23.1 Å². The van der Waals surface area contributed by atoms with Gasteiger partial charge in [0.25, 0.3) is 0 Å². The summed E-state index contributed by atoms with van der Waals surface area (Å²) >= 11 is 0. The summed E-state index contributed by atoms with van der Waals surface area (Å²) in [5.41, 5.74) is 9.58. The second kappa shape index (κ2) is 7.79. The minimum Gasteiger partial charge on any atom is -0.354 e. The molecule has 2 atom stereocenters. The predicted octanol–water partition coefficient (Wildman–Crippen LogP) is 2.05. The summed E-state index contributed by atoms with van der Waals surface area (Å²) in [6.07, 6.45) is 3.12. The van der Waals surface area contributed by atoms with Crippen molar-refractivity contribution in [2.24, 2.45) is 5.73 Å². The number of benzene rings is 2. The van der Waals surface area contributed by atoms with Gasteiger partial charge in [-0.25, -0.2) is 4.39 Å². The van der Waals surface area contributed by atoms with E-state index in [-0.39, 0.29) is 23.8 Å². The number of nitrogens with zero attached hydrogens (tertiary/aromatic N) is 1. The number of fused-ring (bicyclic) bond motifs is 1. The number of rotatable bonds is 5. The summed E-state index contributed by atoms with van der Waals surface area (Å²) in [5, 5.41) is 2.99. The van der Waals surface area contributed by atoms with E-state index in [1.165, 1.54) is 17.2 Å². The Balaban J connectivity index is 1.37. The van der Waals surface area contributed by atoms with Gasteiger partial charge in [0.2, 0.25) is 5.91 Å². The van der Waals surface area contributed by atoms with Crippen LogP contribution >= 0.6 is 0 Å². The standard InChI is InChI=1S/C22H26FN3O/c23-20-8-4-3-5-15(20)9-10-25-22(27)21-13-18(24)14-26(21)19-11-16-6-1-2-7-17(16)12-19/h1-8,18-19,21H,9-14,24H2,(H,25,27)/t18-,21-/m0/s1. The van der Waals surface area contributed by atoms with E-state index in [1.54, 1.807) is 12.1 Å². The quantitative estimate of drug-likeness (QED) is 0.850. The van der Waals surface area contributed by atoms with Gasteiger partial charge in [0.15, 0.2) is 0 Å². The van der Waals surface area contributed by atoms with Crippen LogP contribution in [-0.2, 0) is 24.1 Å². The molecule has 0 saturated carbocycles. The van der Waals surface area contributed by atoms with Crippen molar-refractivity contribution in [3.05, 3.63) is 71.0 Å². The molecule has 1 aliphatic heterocycles. The van der Waals surface area contributed by atoms with Crippen molar-refractivity contribution in [3.8, 4) is 0 Å².